The zero-order valence-electron chi connectivity index (χ0n) is 20.8. The predicted molar refractivity (Wildman–Crippen MR) is 132 cm³/mol. The Hall–Kier alpha value is -3.47. The van der Waals surface area contributed by atoms with Crippen LogP contribution in [0.5, 0.6) is 0 Å². The second-order valence-electron chi connectivity index (χ2n) is 8.47. The maximum Gasteiger partial charge on any atom is 0.431 e. The molecule has 1 aromatic heterocycles. The van der Waals surface area contributed by atoms with Crippen LogP contribution in [0.3, 0.4) is 0 Å². The summed E-state index contributed by atoms with van der Waals surface area (Å²) in [5, 5.41) is 2.69. The van der Waals surface area contributed by atoms with Crippen molar-refractivity contribution in [2.45, 2.75) is 33.1 Å². The first-order chi connectivity index (χ1) is 17.6. The second kappa shape index (κ2) is 10.7. The normalized spacial score (nSPS) is 12.0. The molecule has 0 saturated carbocycles. The molecular weight excluding hydrogens is 536 g/mol. The molecule has 0 saturated heterocycles. The van der Waals surface area contributed by atoms with E-state index in [1.807, 2.05) is 0 Å². The summed E-state index contributed by atoms with van der Waals surface area (Å²) in [6.07, 6.45) is -10.0. The lowest BCUT2D eigenvalue weighted by Crippen LogP contribution is -2.32. The van der Waals surface area contributed by atoms with Gasteiger partial charge in [-0.05, 0) is 62.2 Å². The van der Waals surface area contributed by atoms with Gasteiger partial charge >= 0.3 is 12.4 Å². The van der Waals surface area contributed by atoms with Crippen LogP contribution in [0, 0.1) is 6.92 Å². The molecule has 1 N–H and O–H groups in total. The molecule has 0 spiro atoms. The number of alkyl halides is 6. The summed E-state index contributed by atoms with van der Waals surface area (Å²) in [6.45, 7) is 5.81. The fourth-order valence-electron chi connectivity index (χ4n) is 4.18. The van der Waals surface area contributed by atoms with Crippen molar-refractivity contribution in [1.82, 2.24) is 9.47 Å². The van der Waals surface area contributed by atoms with Crippen LogP contribution in [-0.2, 0) is 19.4 Å². The van der Waals surface area contributed by atoms with E-state index in [9.17, 15) is 35.9 Å². The summed E-state index contributed by atoms with van der Waals surface area (Å²) in [5.74, 6) is -1.13. The molecule has 0 unspecified atom stereocenters. The predicted octanol–water partition coefficient (Wildman–Crippen LogP) is 7.43. The van der Waals surface area contributed by atoms with Gasteiger partial charge in [0.25, 0.3) is 11.8 Å². The van der Waals surface area contributed by atoms with E-state index in [1.165, 1.54) is 48.2 Å². The third-order valence-corrected chi connectivity index (χ3v) is 6.41. The van der Waals surface area contributed by atoms with Crippen LogP contribution in [0.25, 0.3) is 11.3 Å². The molecular formula is C26H24ClF6N3O2. The Balaban J connectivity index is 2.02. The molecule has 204 valence electrons. The molecule has 0 aliphatic carbocycles. The van der Waals surface area contributed by atoms with Crippen molar-refractivity contribution in [3.63, 3.8) is 0 Å². The standard InChI is InChI=1S/C26H24ClF6N3O2/c1-5-36(6-2)24(38)21-16(8-7-9-18(21)27)23(37)34-19-11-10-15(12-14(19)3)22-17(25(28,29)30)13-20(35(22)4)26(31,32)33/h7-13H,5-6H2,1-4H3,(H,34,37). The third kappa shape index (κ3) is 5.67. The number of carbonyl (C=O) groups excluding carboxylic acids is 2. The number of hydrogen-bond acceptors (Lipinski definition) is 2. The van der Waals surface area contributed by atoms with Crippen molar-refractivity contribution >= 4 is 29.1 Å². The molecule has 0 atom stereocenters. The Morgan fingerprint density at radius 1 is 0.974 bits per heavy atom. The van der Waals surface area contributed by atoms with E-state index in [0.29, 0.717) is 17.7 Å². The highest BCUT2D eigenvalue weighted by Crippen LogP contribution is 2.43. The minimum Gasteiger partial charge on any atom is -0.340 e. The monoisotopic (exact) mass is 559 g/mol. The average Bonchev–Trinajstić information content (AvgIpc) is 3.19. The van der Waals surface area contributed by atoms with Gasteiger partial charge in [0.05, 0.1) is 27.4 Å². The lowest BCUT2D eigenvalue weighted by atomic mass is 10.0. The first-order valence-electron chi connectivity index (χ1n) is 11.5. The van der Waals surface area contributed by atoms with E-state index >= 15 is 0 Å². The molecule has 0 radical (unpaired) electrons. The molecule has 5 nitrogen and oxygen atoms in total. The van der Waals surface area contributed by atoms with Crippen molar-refractivity contribution in [3.8, 4) is 11.3 Å². The quantitative estimate of drug-likeness (QED) is 0.319. The number of halogens is 7. The third-order valence-electron chi connectivity index (χ3n) is 6.10. The average molecular weight is 560 g/mol. The summed E-state index contributed by atoms with van der Waals surface area (Å²) >= 11 is 6.25. The number of carbonyl (C=O) groups is 2. The van der Waals surface area contributed by atoms with Gasteiger partial charge in [0.15, 0.2) is 0 Å². The van der Waals surface area contributed by atoms with Crippen molar-refractivity contribution in [2.24, 2.45) is 7.05 Å². The Bertz CT molecular complexity index is 1370. The van der Waals surface area contributed by atoms with Gasteiger partial charge in [-0.25, -0.2) is 0 Å². The molecule has 3 rings (SSSR count). The van der Waals surface area contributed by atoms with Gasteiger partial charge in [-0.3, -0.25) is 9.59 Å². The summed E-state index contributed by atoms with van der Waals surface area (Å²) < 4.78 is 81.3. The molecule has 0 bridgehead atoms. The van der Waals surface area contributed by atoms with Crippen LogP contribution in [-0.4, -0.2) is 34.4 Å². The van der Waals surface area contributed by atoms with Gasteiger partial charge in [-0.15, -0.1) is 0 Å². The molecule has 3 aromatic rings. The summed E-state index contributed by atoms with van der Waals surface area (Å²) in [7, 11) is 0.909. The summed E-state index contributed by atoms with van der Waals surface area (Å²) in [5.41, 5.74) is -3.17. The van der Waals surface area contributed by atoms with E-state index in [-0.39, 0.29) is 39.0 Å². The maximum absolute atomic E-state index is 13.6. The van der Waals surface area contributed by atoms with E-state index in [2.05, 4.69) is 5.32 Å². The molecule has 0 aliphatic heterocycles. The fraction of sp³-hybridized carbons (Fsp3) is 0.308. The van der Waals surface area contributed by atoms with Gasteiger partial charge in [-0.1, -0.05) is 23.7 Å². The number of nitrogens with one attached hydrogen (secondary N) is 1. The van der Waals surface area contributed by atoms with Crippen molar-refractivity contribution < 1.29 is 35.9 Å². The minimum atomic E-state index is -5.03. The highest BCUT2D eigenvalue weighted by Gasteiger charge is 2.43. The smallest absolute Gasteiger partial charge is 0.340 e. The number of rotatable bonds is 6. The van der Waals surface area contributed by atoms with Crippen LogP contribution in [0.4, 0.5) is 32.0 Å². The van der Waals surface area contributed by atoms with E-state index < -0.39 is 41.1 Å². The number of nitrogens with zero attached hydrogens (tertiary/aromatic N) is 2. The van der Waals surface area contributed by atoms with Crippen LogP contribution in [0.2, 0.25) is 5.02 Å². The lowest BCUT2D eigenvalue weighted by Gasteiger charge is -2.21. The summed E-state index contributed by atoms with van der Waals surface area (Å²) in [6, 6.07) is 8.20. The van der Waals surface area contributed by atoms with Gasteiger partial charge in [0, 0.05) is 25.8 Å². The number of aryl methyl sites for hydroxylation is 1. The first-order valence-corrected chi connectivity index (χ1v) is 11.8. The Morgan fingerprint density at radius 3 is 2.13 bits per heavy atom. The van der Waals surface area contributed by atoms with E-state index in [1.54, 1.807) is 13.8 Å². The van der Waals surface area contributed by atoms with Crippen LogP contribution < -0.4 is 5.32 Å². The molecule has 1 heterocycles. The highest BCUT2D eigenvalue weighted by atomic mass is 35.5. The van der Waals surface area contributed by atoms with Crippen LogP contribution in [0.15, 0.2) is 42.5 Å². The summed E-state index contributed by atoms with van der Waals surface area (Å²) in [4.78, 5) is 27.6. The van der Waals surface area contributed by atoms with Crippen molar-refractivity contribution in [3.05, 3.63) is 75.4 Å². The number of amides is 2. The highest BCUT2D eigenvalue weighted by molar-refractivity contribution is 6.35. The minimum absolute atomic E-state index is 0.00273. The molecule has 12 heteroatoms. The molecule has 0 aliphatic rings. The molecule has 38 heavy (non-hydrogen) atoms. The number of benzene rings is 2. The molecule has 0 fully saturated rings. The number of aromatic nitrogens is 1. The van der Waals surface area contributed by atoms with Crippen LogP contribution in [0.1, 0.15) is 51.4 Å². The Kier molecular flexibility index (Phi) is 8.21. The van der Waals surface area contributed by atoms with E-state index in [4.69, 9.17) is 11.6 Å². The SMILES string of the molecule is CCN(CC)C(=O)c1c(Cl)cccc1C(=O)Nc1ccc(-c2c(C(F)(F)F)cc(C(F)(F)F)n2C)cc1C. The fourth-order valence-corrected chi connectivity index (χ4v) is 4.44. The number of hydrogen-bond donors (Lipinski definition) is 1. The maximum atomic E-state index is 13.6. The van der Waals surface area contributed by atoms with Crippen LogP contribution >= 0.6 is 11.6 Å². The topological polar surface area (TPSA) is 54.3 Å². The zero-order chi connectivity index (χ0) is 28.6. The number of anilines is 1. The van der Waals surface area contributed by atoms with Gasteiger partial charge in [0.2, 0.25) is 0 Å². The first kappa shape index (κ1) is 29.1. The van der Waals surface area contributed by atoms with Crippen molar-refractivity contribution in [2.75, 3.05) is 18.4 Å². The molecule has 2 amide bonds. The van der Waals surface area contributed by atoms with Gasteiger partial charge < -0.3 is 14.8 Å². The Morgan fingerprint density at radius 2 is 1.61 bits per heavy atom. The molecule has 2 aromatic carbocycles. The zero-order valence-corrected chi connectivity index (χ0v) is 21.6. The van der Waals surface area contributed by atoms with Gasteiger partial charge in [0.1, 0.15) is 5.69 Å². The largest absolute Gasteiger partial charge is 0.431 e. The van der Waals surface area contributed by atoms with Gasteiger partial charge in [-0.2, -0.15) is 26.3 Å². The Labute approximate surface area is 220 Å². The van der Waals surface area contributed by atoms with E-state index in [0.717, 1.165) is 7.05 Å². The lowest BCUT2D eigenvalue weighted by molar-refractivity contribution is -0.144. The van der Waals surface area contributed by atoms with Crippen molar-refractivity contribution in [1.29, 1.82) is 0 Å². The second-order valence-corrected chi connectivity index (χ2v) is 8.88.